The SMILES string of the molecule is COc1ccccc1NC(=O)NC1CCN(c2nccc(-c3cnn(C)c3)n2)C1. The van der Waals surface area contributed by atoms with Crippen LogP contribution in [0.4, 0.5) is 16.4 Å². The highest BCUT2D eigenvalue weighted by Gasteiger charge is 2.26. The van der Waals surface area contributed by atoms with Crippen molar-refractivity contribution in [2.24, 2.45) is 7.05 Å². The number of aromatic nitrogens is 4. The van der Waals surface area contributed by atoms with Crippen LogP contribution in [-0.4, -0.2) is 52.0 Å². The quantitative estimate of drug-likeness (QED) is 0.690. The molecule has 1 fully saturated rings. The van der Waals surface area contributed by atoms with Gasteiger partial charge in [0.05, 0.1) is 24.7 Å². The first kappa shape index (κ1) is 18.7. The molecule has 9 heteroatoms. The summed E-state index contributed by atoms with van der Waals surface area (Å²) in [6.07, 6.45) is 6.27. The topological polar surface area (TPSA) is 97.2 Å². The number of ether oxygens (including phenoxy) is 1. The van der Waals surface area contributed by atoms with Crippen LogP contribution in [0.25, 0.3) is 11.3 Å². The molecule has 4 rings (SSSR count). The molecular weight excluding hydrogens is 370 g/mol. The molecule has 9 nitrogen and oxygen atoms in total. The van der Waals surface area contributed by atoms with E-state index in [0.717, 1.165) is 24.2 Å². The first-order valence-electron chi connectivity index (χ1n) is 9.40. The molecule has 0 bridgehead atoms. The zero-order valence-electron chi connectivity index (χ0n) is 16.4. The first-order chi connectivity index (χ1) is 14.1. The summed E-state index contributed by atoms with van der Waals surface area (Å²) in [6.45, 7) is 1.42. The number of nitrogens with zero attached hydrogens (tertiary/aromatic N) is 5. The van der Waals surface area contributed by atoms with Gasteiger partial charge in [0.25, 0.3) is 0 Å². The van der Waals surface area contributed by atoms with Gasteiger partial charge in [-0.3, -0.25) is 4.68 Å². The number of hydrogen-bond donors (Lipinski definition) is 2. The smallest absolute Gasteiger partial charge is 0.319 e. The van der Waals surface area contributed by atoms with Gasteiger partial charge in [0.15, 0.2) is 0 Å². The zero-order valence-corrected chi connectivity index (χ0v) is 16.4. The zero-order chi connectivity index (χ0) is 20.2. The summed E-state index contributed by atoms with van der Waals surface area (Å²) >= 11 is 0. The van der Waals surface area contributed by atoms with Gasteiger partial charge in [0, 0.05) is 44.1 Å². The Bertz CT molecular complexity index is 1000. The van der Waals surface area contributed by atoms with Crippen molar-refractivity contribution in [3.8, 4) is 17.0 Å². The maximum atomic E-state index is 12.4. The number of aryl methyl sites for hydroxylation is 1. The number of methoxy groups -OCH3 is 1. The lowest BCUT2D eigenvalue weighted by molar-refractivity contribution is 0.249. The van der Waals surface area contributed by atoms with Crippen LogP contribution in [0.5, 0.6) is 5.75 Å². The van der Waals surface area contributed by atoms with E-state index in [1.165, 1.54) is 0 Å². The summed E-state index contributed by atoms with van der Waals surface area (Å²) in [5.41, 5.74) is 2.41. The lowest BCUT2D eigenvalue weighted by Gasteiger charge is -2.18. The van der Waals surface area contributed by atoms with Crippen molar-refractivity contribution in [1.82, 2.24) is 25.1 Å². The van der Waals surface area contributed by atoms with Gasteiger partial charge in [-0.15, -0.1) is 0 Å². The van der Waals surface area contributed by atoms with Crippen LogP contribution >= 0.6 is 0 Å². The molecule has 150 valence electrons. The number of anilines is 2. The fourth-order valence-electron chi connectivity index (χ4n) is 3.37. The molecule has 0 spiro atoms. The normalized spacial score (nSPS) is 15.9. The number of carbonyl (C=O) groups is 1. The summed E-state index contributed by atoms with van der Waals surface area (Å²) in [7, 11) is 3.45. The number of rotatable bonds is 5. The van der Waals surface area contributed by atoms with E-state index in [2.05, 4.69) is 30.6 Å². The van der Waals surface area contributed by atoms with Gasteiger partial charge in [-0.1, -0.05) is 12.1 Å². The van der Waals surface area contributed by atoms with E-state index in [9.17, 15) is 4.79 Å². The van der Waals surface area contributed by atoms with Crippen LogP contribution in [0.2, 0.25) is 0 Å². The first-order valence-corrected chi connectivity index (χ1v) is 9.40. The molecule has 1 aliphatic heterocycles. The van der Waals surface area contributed by atoms with Crippen LogP contribution in [0.3, 0.4) is 0 Å². The largest absolute Gasteiger partial charge is 0.495 e. The van der Waals surface area contributed by atoms with E-state index in [1.807, 2.05) is 31.4 Å². The third-order valence-electron chi connectivity index (χ3n) is 4.80. The Balaban J connectivity index is 1.37. The predicted molar refractivity (Wildman–Crippen MR) is 110 cm³/mol. The van der Waals surface area contributed by atoms with E-state index in [0.29, 0.717) is 23.9 Å². The molecule has 0 aliphatic carbocycles. The number of urea groups is 1. The molecule has 1 saturated heterocycles. The van der Waals surface area contributed by atoms with Crippen molar-refractivity contribution in [2.45, 2.75) is 12.5 Å². The lowest BCUT2D eigenvalue weighted by Crippen LogP contribution is -2.40. The Morgan fingerprint density at radius 1 is 1.28 bits per heavy atom. The number of carbonyl (C=O) groups excluding carboxylic acids is 1. The van der Waals surface area contributed by atoms with E-state index in [4.69, 9.17) is 4.74 Å². The molecule has 2 N–H and O–H groups in total. The van der Waals surface area contributed by atoms with E-state index >= 15 is 0 Å². The molecule has 0 saturated carbocycles. The number of amides is 2. The average Bonchev–Trinajstić information content (AvgIpc) is 3.37. The van der Waals surface area contributed by atoms with Crippen LogP contribution in [0.15, 0.2) is 48.9 Å². The summed E-state index contributed by atoms with van der Waals surface area (Å²) in [6, 6.07) is 8.93. The van der Waals surface area contributed by atoms with Crippen LogP contribution in [-0.2, 0) is 7.05 Å². The summed E-state index contributed by atoms with van der Waals surface area (Å²) in [4.78, 5) is 23.5. The highest BCUT2D eigenvalue weighted by atomic mass is 16.5. The lowest BCUT2D eigenvalue weighted by atomic mass is 10.2. The maximum absolute atomic E-state index is 12.4. The van der Waals surface area contributed by atoms with Crippen molar-refractivity contribution in [2.75, 3.05) is 30.4 Å². The Morgan fingerprint density at radius 2 is 2.14 bits per heavy atom. The molecule has 1 aliphatic rings. The molecule has 1 atom stereocenters. The molecular formula is C20H23N7O2. The van der Waals surface area contributed by atoms with E-state index in [-0.39, 0.29) is 12.1 Å². The maximum Gasteiger partial charge on any atom is 0.319 e. The second-order valence-electron chi connectivity index (χ2n) is 6.87. The Labute approximate surface area is 168 Å². The second kappa shape index (κ2) is 8.17. The fraction of sp³-hybridized carbons (Fsp3) is 0.300. The molecule has 1 unspecified atom stereocenters. The second-order valence-corrected chi connectivity index (χ2v) is 6.87. The van der Waals surface area contributed by atoms with Gasteiger partial charge >= 0.3 is 6.03 Å². The van der Waals surface area contributed by atoms with Crippen molar-refractivity contribution in [3.63, 3.8) is 0 Å². The number of para-hydroxylation sites is 2. The van der Waals surface area contributed by atoms with Crippen molar-refractivity contribution in [3.05, 3.63) is 48.9 Å². The molecule has 1 aromatic carbocycles. The van der Waals surface area contributed by atoms with Crippen LogP contribution in [0.1, 0.15) is 6.42 Å². The van der Waals surface area contributed by atoms with Crippen molar-refractivity contribution < 1.29 is 9.53 Å². The fourth-order valence-corrected chi connectivity index (χ4v) is 3.37. The summed E-state index contributed by atoms with van der Waals surface area (Å²) in [5, 5.41) is 10.0. The van der Waals surface area contributed by atoms with Gasteiger partial charge in [-0.2, -0.15) is 5.10 Å². The highest BCUT2D eigenvalue weighted by Crippen LogP contribution is 2.24. The van der Waals surface area contributed by atoms with Gasteiger partial charge in [0.1, 0.15) is 5.75 Å². The third-order valence-corrected chi connectivity index (χ3v) is 4.80. The minimum atomic E-state index is -0.258. The van der Waals surface area contributed by atoms with Crippen molar-refractivity contribution >= 4 is 17.7 Å². The minimum Gasteiger partial charge on any atom is -0.495 e. The molecule has 3 heterocycles. The predicted octanol–water partition coefficient (Wildman–Crippen LogP) is 2.29. The Hall–Kier alpha value is -3.62. The van der Waals surface area contributed by atoms with Crippen LogP contribution in [0, 0.1) is 0 Å². The van der Waals surface area contributed by atoms with Gasteiger partial charge < -0.3 is 20.3 Å². The molecule has 3 aromatic rings. The van der Waals surface area contributed by atoms with Crippen molar-refractivity contribution in [1.29, 1.82) is 0 Å². The monoisotopic (exact) mass is 393 g/mol. The number of nitrogens with one attached hydrogen (secondary N) is 2. The van der Waals surface area contributed by atoms with E-state index < -0.39 is 0 Å². The van der Waals surface area contributed by atoms with Crippen LogP contribution < -0.4 is 20.3 Å². The minimum absolute atomic E-state index is 0.00959. The summed E-state index contributed by atoms with van der Waals surface area (Å²) in [5.74, 6) is 1.28. The molecule has 2 aromatic heterocycles. The average molecular weight is 393 g/mol. The molecule has 29 heavy (non-hydrogen) atoms. The summed E-state index contributed by atoms with van der Waals surface area (Å²) < 4.78 is 7.01. The molecule has 0 radical (unpaired) electrons. The number of benzene rings is 1. The standard InChI is InChI=1S/C20H23N7O2/c1-26-12-14(11-22-26)16-7-9-21-19(24-16)27-10-8-15(13-27)23-20(28)25-17-5-3-4-6-18(17)29-2/h3-7,9,11-12,15H,8,10,13H2,1-2H3,(H2,23,25,28). The van der Waals surface area contributed by atoms with Gasteiger partial charge in [-0.05, 0) is 24.6 Å². The highest BCUT2D eigenvalue weighted by molar-refractivity contribution is 5.91. The number of hydrogen-bond acceptors (Lipinski definition) is 6. The third kappa shape index (κ3) is 4.29. The van der Waals surface area contributed by atoms with E-state index in [1.54, 1.807) is 36.3 Å². The van der Waals surface area contributed by atoms with Gasteiger partial charge in [-0.25, -0.2) is 14.8 Å². The molecule has 2 amide bonds. The Morgan fingerprint density at radius 3 is 2.93 bits per heavy atom. The Kier molecular flexibility index (Phi) is 5.28. The van der Waals surface area contributed by atoms with Gasteiger partial charge in [0.2, 0.25) is 5.95 Å².